The van der Waals surface area contributed by atoms with E-state index in [0.717, 1.165) is 29.5 Å². The average molecular weight is 482 g/mol. The molecule has 3 aromatic rings. The zero-order chi connectivity index (χ0) is 25.1. The molecule has 184 valence electrons. The number of hydrogen-bond acceptors (Lipinski definition) is 4. The Labute approximate surface area is 211 Å². The zero-order valence-electron chi connectivity index (χ0n) is 20.6. The van der Waals surface area contributed by atoms with E-state index in [1.807, 2.05) is 61.5 Å². The van der Waals surface area contributed by atoms with E-state index < -0.39 is 34.7 Å². The van der Waals surface area contributed by atoms with Crippen molar-refractivity contribution < 1.29 is 19.4 Å². The number of hydrogen-bond donors (Lipinski definition) is 2. The van der Waals surface area contributed by atoms with Crippen LogP contribution in [0.25, 0.3) is 0 Å². The molecule has 3 aromatic carbocycles. The van der Waals surface area contributed by atoms with E-state index in [1.54, 1.807) is 7.11 Å². The molecule has 1 aliphatic heterocycles. The van der Waals surface area contributed by atoms with Crippen LogP contribution in [0.15, 0.2) is 78.9 Å². The summed E-state index contributed by atoms with van der Waals surface area (Å²) in [4.78, 5) is 27.6. The molecule has 6 unspecified atom stereocenters. The van der Waals surface area contributed by atoms with Crippen LogP contribution in [0.1, 0.15) is 53.9 Å². The third-order valence-corrected chi connectivity index (χ3v) is 9.33. The maximum atomic E-state index is 14.3. The smallest absolute Gasteiger partial charge is 0.311 e. The van der Waals surface area contributed by atoms with Gasteiger partial charge in [0.25, 0.3) is 0 Å². The van der Waals surface area contributed by atoms with Crippen molar-refractivity contribution >= 4 is 11.8 Å². The molecule has 0 amide bonds. The second-order valence-corrected chi connectivity index (χ2v) is 10.6. The first kappa shape index (κ1) is 23.0. The summed E-state index contributed by atoms with van der Waals surface area (Å²) in [5.74, 6) is -1.08. The predicted octanol–water partition coefficient (Wildman–Crippen LogP) is 4.90. The van der Waals surface area contributed by atoms with Crippen molar-refractivity contribution in [3.8, 4) is 5.75 Å². The molecule has 2 N–H and O–H groups in total. The van der Waals surface area contributed by atoms with E-state index in [9.17, 15) is 14.7 Å². The van der Waals surface area contributed by atoms with E-state index in [-0.39, 0.29) is 18.2 Å². The van der Waals surface area contributed by atoms with Crippen LogP contribution in [0.4, 0.5) is 0 Å². The summed E-state index contributed by atoms with van der Waals surface area (Å²) in [5.41, 5.74) is 2.62. The van der Waals surface area contributed by atoms with Gasteiger partial charge >= 0.3 is 5.97 Å². The van der Waals surface area contributed by atoms with Gasteiger partial charge in [0.2, 0.25) is 0 Å². The first-order chi connectivity index (χ1) is 17.5. The van der Waals surface area contributed by atoms with Crippen molar-refractivity contribution in [2.45, 2.75) is 43.1 Å². The second kappa shape index (κ2) is 8.31. The Bertz CT molecular complexity index is 1340. The SMILES string of the molecule is COc1ccccc1C(C)C(=O)C1NCC2(C(=O)O)C3CCC(c4ccccc4)(c4ccccc43)C12. The molecule has 5 heteroatoms. The molecule has 5 nitrogen and oxygen atoms in total. The van der Waals surface area contributed by atoms with Gasteiger partial charge in [0.15, 0.2) is 5.78 Å². The summed E-state index contributed by atoms with van der Waals surface area (Å²) in [7, 11) is 1.61. The Morgan fingerprint density at radius 1 is 1.00 bits per heavy atom. The van der Waals surface area contributed by atoms with E-state index in [4.69, 9.17) is 4.74 Å². The molecule has 1 saturated heterocycles. The number of carboxylic acid groups (broad SMARTS) is 1. The molecule has 2 fully saturated rings. The highest BCUT2D eigenvalue weighted by molar-refractivity contribution is 5.94. The molecule has 1 saturated carbocycles. The zero-order valence-corrected chi connectivity index (χ0v) is 20.6. The number of Topliss-reactive ketones (excluding diaryl/α,β-unsaturated/α-hetero) is 1. The lowest BCUT2D eigenvalue weighted by molar-refractivity contribution is -0.158. The Kier molecular flexibility index (Phi) is 5.31. The summed E-state index contributed by atoms with van der Waals surface area (Å²) in [5, 5.41) is 14.3. The quantitative estimate of drug-likeness (QED) is 0.524. The molecule has 0 radical (unpaired) electrons. The summed E-state index contributed by atoms with van der Waals surface area (Å²) in [6.07, 6.45) is 1.62. The Balaban J connectivity index is 1.56. The van der Waals surface area contributed by atoms with Crippen LogP contribution >= 0.6 is 0 Å². The standard InChI is InChI=1S/C31H31NO4/c1-19(21-12-7-9-15-25(21)36-2)27(33)26-28-30(20-10-4-3-5-11-20)17-16-24(22-13-6-8-14-23(22)30)31(28,18-32-26)29(34)35/h3-15,19,24,26,28,32H,16-18H2,1-2H3,(H,34,35). The van der Waals surface area contributed by atoms with Crippen molar-refractivity contribution in [3.05, 3.63) is 101 Å². The largest absolute Gasteiger partial charge is 0.496 e. The van der Waals surface area contributed by atoms with Crippen molar-refractivity contribution in [1.82, 2.24) is 5.32 Å². The number of benzene rings is 3. The van der Waals surface area contributed by atoms with Crippen LogP contribution in [0.2, 0.25) is 0 Å². The lowest BCUT2D eigenvalue weighted by Crippen LogP contribution is -2.62. The third kappa shape index (κ3) is 2.86. The highest BCUT2D eigenvalue weighted by Gasteiger charge is 2.72. The summed E-state index contributed by atoms with van der Waals surface area (Å²) in [6, 6.07) is 25.6. The van der Waals surface area contributed by atoms with Gasteiger partial charge in [0.1, 0.15) is 5.75 Å². The monoisotopic (exact) mass is 481 g/mol. The minimum Gasteiger partial charge on any atom is -0.496 e. The Morgan fingerprint density at radius 3 is 2.44 bits per heavy atom. The van der Waals surface area contributed by atoms with Crippen molar-refractivity contribution in [2.75, 3.05) is 13.7 Å². The lowest BCUT2D eigenvalue weighted by atomic mass is 9.40. The van der Waals surface area contributed by atoms with Crippen LogP contribution in [-0.4, -0.2) is 36.6 Å². The molecule has 0 spiro atoms. The Morgan fingerprint density at radius 2 is 1.69 bits per heavy atom. The van der Waals surface area contributed by atoms with Gasteiger partial charge in [-0.3, -0.25) is 9.59 Å². The predicted molar refractivity (Wildman–Crippen MR) is 137 cm³/mol. The van der Waals surface area contributed by atoms with E-state index >= 15 is 0 Å². The fourth-order valence-corrected chi connectivity index (χ4v) is 7.88. The number of carbonyl (C=O) groups excluding carboxylic acids is 1. The first-order valence-electron chi connectivity index (χ1n) is 12.7. The Hall–Kier alpha value is -3.44. The second-order valence-electron chi connectivity index (χ2n) is 10.6. The van der Waals surface area contributed by atoms with E-state index in [1.165, 1.54) is 5.56 Å². The molecule has 2 bridgehead atoms. The fraction of sp³-hybridized carbons (Fsp3) is 0.355. The van der Waals surface area contributed by atoms with Gasteiger partial charge in [-0.05, 0) is 35.6 Å². The highest BCUT2D eigenvalue weighted by atomic mass is 16.5. The molecule has 0 aromatic heterocycles. The van der Waals surface area contributed by atoms with Gasteiger partial charge in [-0.1, -0.05) is 79.7 Å². The third-order valence-electron chi connectivity index (χ3n) is 9.33. The summed E-state index contributed by atoms with van der Waals surface area (Å²) < 4.78 is 5.56. The van der Waals surface area contributed by atoms with E-state index in [2.05, 4.69) is 29.6 Å². The van der Waals surface area contributed by atoms with Gasteiger partial charge in [0.05, 0.1) is 18.6 Å². The van der Waals surface area contributed by atoms with Crippen LogP contribution < -0.4 is 10.1 Å². The molecule has 1 heterocycles. The number of ketones is 1. The van der Waals surface area contributed by atoms with Gasteiger partial charge in [0, 0.05) is 35.3 Å². The number of carbonyl (C=O) groups is 2. The number of ether oxygens (including phenoxy) is 1. The summed E-state index contributed by atoms with van der Waals surface area (Å²) in [6.45, 7) is 2.20. The molecular weight excluding hydrogens is 450 g/mol. The van der Waals surface area contributed by atoms with Gasteiger partial charge < -0.3 is 15.2 Å². The summed E-state index contributed by atoms with van der Waals surface area (Å²) >= 11 is 0. The highest BCUT2D eigenvalue weighted by Crippen LogP contribution is 2.69. The van der Waals surface area contributed by atoms with Crippen LogP contribution in [0.5, 0.6) is 5.75 Å². The fourth-order valence-electron chi connectivity index (χ4n) is 7.88. The average Bonchev–Trinajstić information content (AvgIpc) is 3.37. The van der Waals surface area contributed by atoms with Crippen LogP contribution in [0.3, 0.4) is 0 Å². The number of para-hydroxylation sites is 1. The molecular formula is C31H31NO4. The van der Waals surface area contributed by atoms with Gasteiger partial charge in [-0.25, -0.2) is 0 Å². The van der Waals surface area contributed by atoms with Crippen LogP contribution in [0, 0.1) is 11.3 Å². The van der Waals surface area contributed by atoms with Crippen LogP contribution in [-0.2, 0) is 15.0 Å². The number of methoxy groups -OCH3 is 1. The van der Waals surface area contributed by atoms with E-state index in [0.29, 0.717) is 5.75 Å². The number of fused-ring (bicyclic) bond motifs is 1. The van der Waals surface area contributed by atoms with Crippen molar-refractivity contribution in [2.24, 2.45) is 11.3 Å². The number of carboxylic acids is 1. The number of nitrogens with one attached hydrogen (secondary N) is 1. The maximum absolute atomic E-state index is 14.3. The molecule has 36 heavy (non-hydrogen) atoms. The lowest BCUT2D eigenvalue weighted by Gasteiger charge is -2.60. The minimum absolute atomic E-state index is 0.0213. The number of aliphatic carboxylic acids is 1. The van der Waals surface area contributed by atoms with Gasteiger partial charge in [-0.2, -0.15) is 0 Å². The molecule has 3 aliphatic carbocycles. The van der Waals surface area contributed by atoms with Crippen molar-refractivity contribution in [3.63, 3.8) is 0 Å². The molecule has 4 aliphatic rings. The number of rotatable bonds is 6. The van der Waals surface area contributed by atoms with Gasteiger partial charge in [-0.15, -0.1) is 0 Å². The molecule has 6 atom stereocenters. The normalized spacial score (nSPS) is 30.8. The van der Waals surface area contributed by atoms with Crippen molar-refractivity contribution in [1.29, 1.82) is 0 Å². The first-order valence-corrected chi connectivity index (χ1v) is 12.7. The maximum Gasteiger partial charge on any atom is 0.311 e. The minimum atomic E-state index is -1.05. The topological polar surface area (TPSA) is 75.6 Å². The molecule has 7 rings (SSSR count).